The fraction of sp³-hybridized carbons (Fsp3) is 0.689. The molecular formula is C61H102O6. The first kappa shape index (κ1) is 63.3. The Kier molecular flexibility index (Phi) is 51.9. The summed E-state index contributed by atoms with van der Waals surface area (Å²) in [6.45, 7) is 6.43. The van der Waals surface area contributed by atoms with E-state index >= 15 is 0 Å². The van der Waals surface area contributed by atoms with Gasteiger partial charge in [-0.05, 0) is 116 Å². The molecule has 0 heterocycles. The van der Waals surface area contributed by atoms with Gasteiger partial charge >= 0.3 is 17.9 Å². The molecule has 0 N–H and O–H groups in total. The maximum atomic E-state index is 12.8. The van der Waals surface area contributed by atoms with Crippen molar-refractivity contribution in [2.24, 2.45) is 0 Å². The zero-order valence-electron chi connectivity index (χ0n) is 43.6. The van der Waals surface area contributed by atoms with Crippen LogP contribution in [0.25, 0.3) is 0 Å². The number of hydrogen-bond donors (Lipinski definition) is 0. The third-order valence-electron chi connectivity index (χ3n) is 11.5. The van der Waals surface area contributed by atoms with E-state index in [-0.39, 0.29) is 37.5 Å². The van der Waals surface area contributed by atoms with Crippen LogP contribution >= 0.6 is 0 Å². The Bertz CT molecular complexity index is 1350. The molecule has 1 unspecified atom stereocenters. The molecule has 0 bridgehead atoms. The Balaban J connectivity index is 4.51. The smallest absolute Gasteiger partial charge is 0.306 e. The largest absolute Gasteiger partial charge is 0.462 e. The standard InChI is InChI=1S/C61H102O6/c1-4-7-10-13-16-19-22-25-28-30-33-36-39-42-45-48-51-54-60(63)66-57-58(56-65-59(62)53-50-47-44-41-38-35-32-27-24-21-18-15-12-9-6-3)67-61(64)55-52-49-46-43-40-37-34-31-29-26-23-20-17-14-11-8-5-2/h7,10,16-17,19-20,25-29,32-33,36,42,45,58H,4-6,8-9,11-15,18,21-24,30-31,34-35,37-41,43-44,46-57H2,1-3H3/b10-7-,19-16-,20-17-,28-25-,29-26-,32-27-,36-33-,45-42-. The molecule has 0 saturated heterocycles. The van der Waals surface area contributed by atoms with Crippen molar-refractivity contribution in [3.8, 4) is 0 Å². The Morgan fingerprint density at radius 3 is 1.01 bits per heavy atom. The number of esters is 3. The molecule has 0 saturated carbocycles. The van der Waals surface area contributed by atoms with Gasteiger partial charge in [-0.3, -0.25) is 14.4 Å². The molecule has 0 rings (SSSR count). The highest BCUT2D eigenvalue weighted by atomic mass is 16.6. The maximum absolute atomic E-state index is 12.8. The van der Waals surface area contributed by atoms with Gasteiger partial charge in [0.25, 0.3) is 0 Å². The molecule has 1 atom stereocenters. The topological polar surface area (TPSA) is 78.9 Å². The zero-order chi connectivity index (χ0) is 48.6. The van der Waals surface area contributed by atoms with Gasteiger partial charge in [-0.25, -0.2) is 0 Å². The van der Waals surface area contributed by atoms with Crippen LogP contribution in [-0.2, 0) is 28.6 Å². The van der Waals surface area contributed by atoms with Crippen molar-refractivity contribution in [1.29, 1.82) is 0 Å². The lowest BCUT2D eigenvalue weighted by Gasteiger charge is -2.18. The summed E-state index contributed by atoms with van der Waals surface area (Å²) in [5.74, 6) is -0.979. The molecular weight excluding hydrogens is 829 g/mol. The van der Waals surface area contributed by atoms with Crippen LogP contribution in [0.5, 0.6) is 0 Å². The lowest BCUT2D eigenvalue weighted by Crippen LogP contribution is -2.30. The van der Waals surface area contributed by atoms with Crippen molar-refractivity contribution in [1.82, 2.24) is 0 Å². The lowest BCUT2D eigenvalue weighted by atomic mass is 10.1. The van der Waals surface area contributed by atoms with E-state index in [0.717, 1.165) is 103 Å². The lowest BCUT2D eigenvalue weighted by molar-refractivity contribution is -0.167. The molecule has 6 nitrogen and oxygen atoms in total. The van der Waals surface area contributed by atoms with Crippen molar-refractivity contribution < 1.29 is 28.6 Å². The summed E-state index contributed by atoms with van der Waals surface area (Å²) in [4.78, 5) is 38.1. The van der Waals surface area contributed by atoms with Crippen LogP contribution < -0.4 is 0 Å². The van der Waals surface area contributed by atoms with Crippen LogP contribution in [0.4, 0.5) is 0 Å². The predicted octanol–water partition coefficient (Wildman–Crippen LogP) is 18.5. The number of allylic oxidation sites excluding steroid dienone is 16. The van der Waals surface area contributed by atoms with Crippen LogP contribution in [0.15, 0.2) is 97.2 Å². The van der Waals surface area contributed by atoms with Crippen LogP contribution in [0, 0.1) is 0 Å². The maximum Gasteiger partial charge on any atom is 0.306 e. The number of hydrogen-bond acceptors (Lipinski definition) is 6. The first-order chi connectivity index (χ1) is 33.0. The average molecular weight is 931 g/mol. The molecule has 0 aliphatic heterocycles. The summed E-state index contributed by atoms with van der Waals surface area (Å²) in [5, 5.41) is 0. The normalized spacial score (nSPS) is 12.8. The van der Waals surface area contributed by atoms with E-state index in [0.29, 0.717) is 19.3 Å². The summed E-state index contributed by atoms with van der Waals surface area (Å²) in [6, 6.07) is 0. The Hall–Kier alpha value is -3.67. The summed E-state index contributed by atoms with van der Waals surface area (Å²) in [5.41, 5.74) is 0. The van der Waals surface area contributed by atoms with Gasteiger partial charge in [-0.2, -0.15) is 0 Å². The third kappa shape index (κ3) is 53.2. The minimum Gasteiger partial charge on any atom is -0.462 e. The zero-order valence-corrected chi connectivity index (χ0v) is 43.6. The van der Waals surface area contributed by atoms with Crippen LogP contribution in [-0.4, -0.2) is 37.2 Å². The van der Waals surface area contributed by atoms with Crippen molar-refractivity contribution in [2.45, 2.75) is 258 Å². The minimum absolute atomic E-state index is 0.103. The van der Waals surface area contributed by atoms with Gasteiger partial charge in [0.15, 0.2) is 6.10 Å². The predicted molar refractivity (Wildman–Crippen MR) is 288 cm³/mol. The Morgan fingerprint density at radius 2 is 0.597 bits per heavy atom. The molecule has 0 aliphatic rings. The van der Waals surface area contributed by atoms with Crippen molar-refractivity contribution >= 4 is 17.9 Å². The van der Waals surface area contributed by atoms with Gasteiger partial charge in [-0.1, -0.05) is 214 Å². The molecule has 382 valence electrons. The second-order valence-electron chi connectivity index (χ2n) is 18.1. The second kappa shape index (κ2) is 54.9. The first-order valence-corrected chi connectivity index (χ1v) is 27.7. The first-order valence-electron chi connectivity index (χ1n) is 27.7. The van der Waals surface area contributed by atoms with Gasteiger partial charge in [-0.15, -0.1) is 0 Å². The van der Waals surface area contributed by atoms with Gasteiger partial charge in [0.05, 0.1) is 0 Å². The van der Waals surface area contributed by atoms with Crippen LogP contribution in [0.2, 0.25) is 0 Å². The molecule has 0 fully saturated rings. The monoisotopic (exact) mass is 931 g/mol. The molecule has 6 heteroatoms. The molecule has 0 aliphatic carbocycles. The van der Waals surface area contributed by atoms with Crippen molar-refractivity contribution in [2.75, 3.05) is 13.2 Å². The number of rotatable bonds is 49. The van der Waals surface area contributed by atoms with Gasteiger partial charge in [0.1, 0.15) is 13.2 Å². The second-order valence-corrected chi connectivity index (χ2v) is 18.1. The summed E-state index contributed by atoms with van der Waals surface area (Å²) in [6.07, 6.45) is 72.5. The summed E-state index contributed by atoms with van der Waals surface area (Å²) in [7, 11) is 0. The molecule has 0 aromatic heterocycles. The SMILES string of the molecule is CC/C=C\C/C=C\C/C=C\C/C=C\C/C=C\CCCC(=O)OCC(COC(=O)CCCCCCC/C=C\CCCCCCCC)OC(=O)CCCCCCCCC/C=C\C/C=C\CCCCC. The van der Waals surface area contributed by atoms with Crippen LogP contribution in [0.1, 0.15) is 252 Å². The minimum atomic E-state index is -0.809. The van der Waals surface area contributed by atoms with Gasteiger partial charge < -0.3 is 14.2 Å². The third-order valence-corrected chi connectivity index (χ3v) is 11.5. The van der Waals surface area contributed by atoms with E-state index in [9.17, 15) is 14.4 Å². The van der Waals surface area contributed by atoms with Gasteiger partial charge in [0, 0.05) is 19.3 Å². The average Bonchev–Trinajstić information content (AvgIpc) is 3.33. The molecule has 0 spiro atoms. The number of carbonyl (C=O) groups is 3. The fourth-order valence-electron chi connectivity index (χ4n) is 7.38. The van der Waals surface area contributed by atoms with Gasteiger partial charge in [0.2, 0.25) is 0 Å². The molecule has 0 amide bonds. The Morgan fingerprint density at radius 1 is 0.313 bits per heavy atom. The molecule has 0 aromatic rings. The van der Waals surface area contributed by atoms with E-state index in [2.05, 4.69) is 118 Å². The quantitative estimate of drug-likeness (QED) is 0.0262. The number of ether oxygens (including phenoxy) is 3. The molecule has 67 heavy (non-hydrogen) atoms. The highest BCUT2D eigenvalue weighted by molar-refractivity contribution is 5.71. The van der Waals surface area contributed by atoms with E-state index in [1.165, 1.54) is 103 Å². The van der Waals surface area contributed by atoms with E-state index < -0.39 is 6.10 Å². The highest BCUT2D eigenvalue weighted by Gasteiger charge is 2.19. The molecule has 0 aromatic carbocycles. The van der Waals surface area contributed by atoms with E-state index in [1.807, 2.05) is 0 Å². The van der Waals surface area contributed by atoms with E-state index in [1.54, 1.807) is 0 Å². The number of carbonyl (C=O) groups excluding carboxylic acids is 3. The highest BCUT2D eigenvalue weighted by Crippen LogP contribution is 2.14. The fourth-order valence-corrected chi connectivity index (χ4v) is 7.38. The van der Waals surface area contributed by atoms with Crippen molar-refractivity contribution in [3.63, 3.8) is 0 Å². The number of unbranched alkanes of at least 4 members (excludes halogenated alkanes) is 22. The molecule has 0 radical (unpaired) electrons. The van der Waals surface area contributed by atoms with Crippen LogP contribution in [0.3, 0.4) is 0 Å². The summed E-state index contributed by atoms with van der Waals surface area (Å²) >= 11 is 0. The summed E-state index contributed by atoms with van der Waals surface area (Å²) < 4.78 is 16.8. The van der Waals surface area contributed by atoms with Crippen molar-refractivity contribution in [3.05, 3.63) is 97.2 Å². The van der Waals surface area contributed by atoms with E-state index in [4.69, 9.17) is 14.2 Å². The Labute approximate surface area is 413 Å².